The Morgan fingerprint density at radius 3 is 0.897 bits per heavy atom. The number of imidazole rings is 1. The lowest BCUT2D eigenvalue weighted by Gasteiger charge is -2.32. The molecule has 404 valence electrons. The van der Waals surface area contributed by atoms with Crippen LogP contribution in [0.15, 0.2) is 290 Å². The minimum absolute atomic E-state index is 0.854. The molecular formula is C79H47N7O. The van der Waals surface area contributed by atoms with E-state index < -0.39 is 0 Å². The van der Waals surface area contributed by atoms with Gasteiger partial charge in [0.25, 0.3) is 0 Å². The van der Waals surface area contributed by atoms with Crippen LogP contribution in [0.4, 0.5) is 0 Å². The van der Waals surface area contributed by atoms with Crippen molar-refractivity contribution in [3.8, 4) is 34.1 Å². The molecule has 87 heavy (non-hydrogen) atoms. The molecule has 0 bridgehead atoms. The van der Waals surface area contributed by atoms with Gasteiger partial charge in [-0.05, 0) is 84.9 Å². The number of benzene rings is 13. The van der Waals surface area contributed by atoms with E-state index >= 15 is 0 Å². The van der Waals surface area contributed by atoms with E-state index in [4.69, 9.17) is 9.40 Å². The van der Waals surface area contributed by atoms with E-state index in [-0.39, 0.29) is 0 Å². The first-order valence-electron chi connectivity index (χ1n) is 29.7. The normalized spacial score (nSPS) is 12.4. The molecule has 0 radical (unpaired) electrons. The Bertz CT molecular complexity index is 5880. The van der Waals surface area contributed by atoms with Crippen LogP contribution in [0.25, 0.3) is 176 Å². The second-order valence-electron chi connectivity index (χ2n) is 23.0. The van der Waals surface area contributed by atoms with Crippen molar-refractivity contribution in [2.24, 2.45) is 0 Å². The summed E-state index contributed by atoms with van der Waals surface area (Å²) in [7, 11) is 0. The summed E-state index contributed by atoms with van der Waals surface area (Å²) in [5.41, 5.74) is 20.0. The van der Waals surface area contributed by atoms with Crippen LogP contribution in [-0.2, 0) is 0 Å². The van der Waals surface area contributed by atoms with Gasteiger partial charge in [0.15, 0.2) is 0 Å². The first-order chi connectivity index (χ1) is 43.3. The molecule has 13 aromatic carbocycles. The highest BCUT2D eigenvalue weighted by Gasteiger charge is 2.37. The van der Waals surface area contributed by atoms with E-state index in [1.54, 1.807) is 0 Å². The summed E-state index contributed by atoms with van der Waals surface area (Å²) in [5.74, 6) is 0. The van der Waals surface area contributed by atoms with Crippen molar-refractivity contribution < 1.29 is 4.42 Å². The summed E-state index contributed by atoms with van der Waals surface area (Å²) in [6.45, 7) is 0. The van der Waals surface area contributed by atoms with Crippen LogP contribution >= 0.6 is 0 Å². The molecule has 0 saturated carbocycles. The largest absolute Gasteiger partial charge is 0.455 e. The highest BCUT2D eigenvalue weighted by molar-refractivity contribution is 6.25. The fraction of sp³-hybridized carbons (Fsp3) is 0. The lowest BCUT2D eigenvalue weighted by atomic mass is 10.0. The number of hydrogen-bond donors (Lipinski definition) is 0. The third-order valence-electron chi connectivity index (χ3n) is 18.7. The lowest BCUT2D eigenvalue weighted by Crippen LogP contribution is -2.20. The van der Waals surface area contributed by atoms with Crippen LogP contribution in [-0.4, -0.2) is 32.4 Å². The van der Waals surface area contributed by atoms with Gasteiger partial charge in [0.05, 0.1) is 106 Å². The molecule has 0 saturated heterocycles. The maximum absolute atomic E-state index is 7.18. The van der Waals surface area contributed by atoms with Crippen molar-refractivity contribution in [1.29, 1.82) is 0 Å². The van der Waals surface area contributed by atoms with E-state index in [1.807, 2.05) is 0 Å². The topological polar surface area (TPSA) is 55.6 Å². The molecule has 7 heterocycles. The quantitative estimate of drug-likeness (QED) is 0.167. The smallest absolute Gasteiger partial charge is 0.145 e. The molecule has 0 unspecified atom stereocenters. The molecule has 0 N–H and O–H groups in total. The highest BCUT2D eigenvalue weighted by atomic mass is 16.3. The zero-order valence-corrected chi connectivity index (χ0v) is 46.7. The van der Waals surface area contributed by atoms with Crippen LogP contribution in [0, 0.1) is 0 Å². The van der Waals surface area contributed by atoms with E-state index in [0.717, 1.165) is 176 Å². The summed E-state index contributed by atoms with van der Waals surface area (Å²) < 4.78 is 22.5. The van der Waals surface area contributed by atoms with E-state index in [2.05, 4.69) is 313 Å². The average molecular weight is 1110 g/mol. The average Bonchev–Trinajstić information content (AvgIpc) is 1.62. The molecule has 0 aliphatic carbocycles. The second-order valence-corrected chi connectivity index (χ2v) is 23.0. The van der Waals surface area contributed by atoms with Gasteiger partial charge in [-0.25, -0.2) is 4.98 Å². The van der Waals surface area contributed by atoms with Crippen LogP contribution in [0.1, 0.15) is 0 Å². The van der Waals surface area contributed by atoms with Gasteiger partial charge in [0.2, 0.25) is 0 Å². The molecule has 0 aliphatic rings. The Labute approximate surface area is 495 Å². The Balaban J connectivity index is 1.19. The SMILES string of the molecule is c1ccc2c(c1)ncn2-c1c(-n2c3ccccc3c3ccccc32)c(-n2c3ccccc3c3ccccc32)c(-n2c3ccccc3c3c4oc5ccccc5c4ccc32)c(-n2c3ccccc3c3ccccc32)c1-n1c2ccccc2c2ccccc21. The van der Waals surface area contributed by atoms with E-state index in [9.17, 15) is 0 Å². The van der Waals surface area contributed by atoms with Crippen LogP contribution in [0.2, 0.25) is 0 Å². The molecule has 0 atom stereocenters. The molecular weight excluding hydrogens is 1060 g/mol. The molecule has 20 rings (SSSR count). The number of furan rings is 1. The van der Waals surface area contributed by atoms with Gasteiger partial charge >= 0.3 is 0 Å². The first-order valence-corrected chi connectivity index (χ1v) is 29.7. The van der Waals surface area contributed by atoms with Gasteiger partial charge in [-0.1, -0.05) is 194 Å². The van der Waals surface area contributed by atoms with Gasteiger partial charge in [-0.3, -0.25) is 4.57 Å². The Kier molecular flexibility index (Phi) is 9.30. The minimum atomic E-state index is 0.854. The minimum Gasteiger partial charge on any atom is -0.455 e. The fourth-order valence-corrected chi connectivity index (χ4v) is 15.2. The Morgan fingerprint density at radius 2 is 0.506 bits per heavy atom. The number of rotatable bonds is 6. The Morgan fingerprint density at radius 1 is 0.218 bits per heavy atom. The highest BCUT2D eigenvalue weighted by Crippen LogP contribution is 2.54. The molecule has 0 amide bonds. The zero-order chi connectivity index (χ0) is 56.6. The van der Waals surface area contributed by atoms with Gasteiger partial charge in [-0.15, -0.1) is 0 Å². The second kappa shape index (κ2) is 17.4. The van der Waals surface area contributed by atoms with Gasteiger partial charge in [-0.2, -0.15) is 0 Å². The molecule has 0 aliphatic heterocycles. The maximum Gasteiger partial charge on any atom is 0.145 e. The summed E-state index contributed by atoms with van der Waals surface area (Å²) in [6.07, 6.45) is 2.07. The van der Waals surface area contributed by atoms with Crippen LogP contribution in [0.5, 0.6) is 0 Å². The number of para-hydroxylation sites is 12. The summed E-state index contributed by atoms with van der Waals surface area (Å²) >= 11 is 0. The van der Waals surface area contributed by atoms with Crippen LogP contribution in [0.3, 0.4) is 0 Å². The van der Waals surface area contributed by atoms with E-state index in [1.165, 1.54) is 0 Å². The van der Waals surface area contributed by atoms with Crippen molar-refractivity contribution in [1.82, 2.24) is 32.4 Å². The molecule has 0 fully saturated rings. The molecule has 7 aromatic heterocycles. The van der Waals surface area contributed by atoms with Crippen molar-refractivity contribution in [3.05, 3.63) is 285 Å². The number of hydrogen-bond acceptors (Lipinski definition) is 2. The van der Waals surface area contributed by atoms with Gasteiger partial charge in [0.1, 0.15) is 17.5 Å². The monoisotopic (exact) mass is 1110 g/mol. The summed E-state index contributed by atoms with van der Waals surface area (Å²) in [4.78, 5) is 5.39. The molecule has 8 heteroatoms. The van der Waals surface area contributed by atoms with Gasteiger partial charge in [0, 0.05) is 59.2 Å². The lowest BCUT2D eigenvalue weighted by molar-refractivity contribution is 0.673. The van der Waals surface area contributed by atoms with Gasteiger partial charge < -0.3 is 27.3 Å². The third-order valence-corrected chi connectivity index (χ3v) is 18.7. The summed E-state index contributed by atoms with van der Waals surface area (Å²) in [5, 5.41) is 13.5. The molecule has 20 aromatic rings. The summed E-state index contributed by atoms with van der Waals surface area (Å²) in [6, 6.07) is 102. The predicted octanol–water partition coefficient (Wildman–Crippen LogP) is 20.4. The Hall–Kier alpha value is -11.9. The maximum atomic E-state index is 7.18. The first kappa shape index (κ1) is 46.6. The fourth-order valence-electron chi connectivity index (χ4n) is 15.2. The van der Waals surface area contributed by atoms with Crippen LogP contribution < -0.4 is 0 Å². The number of aromatic nitrogens is 7. The number of fused-ring (bicyclic) bond motifs is 20. The standard InChI is InChI=1S/C79H47N7O/c1-12-34-60-48(23-1)49-24-2-13-35-61(49)82(60)74-73(81-47-80-59-33-11-21-43-69(59)81)75(83-62-36-14-3-25-50(62)51-26-4-15-37-63(51)83)77(85-66-40-18-7-29-54(66)55-30-8-19-41-67(55)85)78(76(74)84-64-38-16-5-27-52(64)53-28-6-17-39-65(53)84)86-68-42-20-9-32-58(68)72-70(86)46-45-57-56-31-10-22-44-71(56)87-79(57)72/h1-47H. The van der Waals surface area contributed by atoms with Crippen molar-refractivity contribution in [3.63, 3.8) is 0 Å². The predicted molar refractivity (Wildman–Crippen MR) is 360 cm³/mol. The number of nitrogens with zero attached hydrogens (tertiary/aromatic N) is 7. The molecule has 0 spiro atoms. The zero-order valence-electron chi connectivity index (χ0n) is 46.7. The van der Waals surface area contributed by atoms with Crippen molar-refractivity contribution in [2.75, 3.05) is 0 Å². The van der Waals surface area contributed by atoms with E-state index in [0.29, 0.717) is 0 Å². The molecule has 8 nitrogen and oxygen atoms in total. The van der Waals surface area contributed by atoms with Crippen molar-refractivity contribution >= 4 is 142 Å². The van der Waals surface area contributed by atoms with Crippen molar-refractivity contribution in [2.45, 2.75) is 0 Å². The third kappa shape index (κ3) is 6.12.